The summed E-state index contributed by atoms with van der Waals surface area (Å²) >= 11 is 0. The minimum Gasteiger partial charge on any atom is -0.466 e. The second kappa shape index (κ2) is 6.40. The highest BCUT2D eigenvalue weighted by atomic mass is 16.5. The van der Waals surface area contributed by atoms with E-state index >= 15 is 0 Å². The maximum atomic E-state index is 11.3. The molecule has 0 radical (unpaired) electrons. The van der Waals surface area contributed by atoms with Crippen molar-refractivity contribution in [1.82, 2.24) is 0 Å². The molecule has 1 atom stereocenters. The van der Waals surface area contributed by atoms with Gasteiger partial charge in [-0.05, 0) is 38.3 Å². The number of esters is 1. The van der Waals surface area contributed by atoms with E-state index < -0.39 is 0 Å². The molecule has 0 heterocycles. The Labute approximate surface area is 103 Å². The highest BCUT2D eigenvalue weighted by Crippen LogP contribution is 2.21. The average Bonchev–Trinajstić information content (AvgIpc) is 2.29. The lowest BCUT2D eigenvalue weighted by Crippen LogP contribution is -2.15. The van der Waals surface area contributed by atoms with E-state index in [1.54, 1.807) is 0 Å². The fourth-order valence-electron chi connectivity index (χ4n) is 1.82. The van der Waals surface area contributed by atoms with Crippen LogP contribution in [0.15, 0.2) is 18.2 Å². The van der Waals surface area contributed by atoms with Crippen LogP contribution in [0.4, 0.5) is 0 Å². The van der Waals surface area contributed by atoms with Gasteiger partial charge in [-0.15, -0.1) is 0 Å². The second-order valence-electron chi connectivity index (χ2n) is 4.31. The predicted molar refractivity (Wildman–Crippen MR) is 68.7 cm³/mol. The van der Waals surface area contributed by atoms with Crippen LogP contribution in [0, 0.1) is 13.8 Å². The zero-order valence-corrected chi connectivity index (χ0v) is 10.8. The highest BCUT2D eigenvalue weighted by molar-refractivity contribution is 5.69. The molecular weight excluding hydrogens is 214 g/mol. The number of nitrogens with two attached hydrogens (primary N) is 1. The normalized spacial score (nSPS) is 12.2. The second-order valence-corrected chi connectivity index (χ2v) is 4.31. The van der Waals surface area contributed by atoms with Crippen molar-refractivity contribution in [3.63, 3.8) is 0 Å². The van der Waals surface area contributed by atoms with Gasteiger partial charge in [0.1, 0.15) is 0 Å². The minimum atomic E-state index is -0.173. The molecule has 0 saturated carbocycles. The van der Waals surface area contributed by atoms with E-state index in [4.69, 9.17) is 10.5 Å². The van der Waals surface area contributed by atoms with Crippen LogP contribution < -0.4 is 5.73 Å². The van der Waals surface area contributed by atoms with Crippen molar-refractivity contribution < 1.29 is 9.53 Å². The summed E-state index contributed by atoms with van der Waals surface area (Å²) in [5.74, 6) is -0.173. The molecule has 0 bridgehead atoms. The molecule has 0 aromatic heterocycles. The molecule has 0 aliphatic carbocycles. The number of rotatable bonds is 5. The zero-order chi connectivity index (χ0) is 12.8. The Kier molecular flexibility index (Phi) is 5.16. The van der Waals surface area contributed by atoms with Crippen LogP contribution >= 0.6 is 0 Å². The largest absolute Gasteiger partial charge is 0.466 e. The van der Waals surface area contributed by atoms with Crippen LogP contribution in [-0.4, -0.2) is 12.6 Å². The molecule has 2 N–H and O–H groups in total. The molecule has 0 spiro atoms. The van der Waals surface area contributed by atoms with Crippen molar-refractivity contribution in [2.75, 3.05) is 6.61 Å². The van der Waals surface area contributed by atoms with Crippen LogP contribution in [-0.2, 0) is 9.53 Å². The van der Waals surface area contributed by atoms with Gasteiger partial charge in [0, 0.05) is 12.5 Å². The minimum absolute atomic E-state index is 0.0979. The lowest BCUT2D eigenvalue weighted by molar-refractivity contribution is -0.143. The van der Waals surface area contributed by atoms with Gasteiger partial charge in [-0.3, -0.25) is 4.79 Å². The van der Waals surface area contributed by atoms with Crippen molar-refractivity contribution in [3.8, 4) is 0 Å². The first-order chi connectivity index (χ1) is 8.04. The van der Waals surface area contributed by atoms with Crippen LogP contribution in [0.1, 0.15) is 42.5 Å². The number of benzene rings is 1. The van der Waals surface area contributed by atoms with E-state index in [1.165, 1.54) is 11.1 Å². The van der Waals surface area contributed by atoms with Crippen molar-refractivity contribution in [3.05, 3.63) is 34.9 Å². The molecule has 17 heavy (non-hydrogen) atoms. The lowest BCUT2D eigenvalue weighted by Gasteiger charge is -2.15. The molecule has 0 fully saturated rings. The first-order valence-electron chi connectivity index (χ1n) is 6.03. The van der Waals surface area contributed by atoms with E-state index in [9.17, 15) is 4.79 Å². The Morgan fingerprint density at radius 1 is 1.41 bits per heavy atom. The SMILES string of the molecule is CCOC(=O)CCC(N)c1cc(C)ccc1C. The summed E-state index contributed by atoms with van der Waals surface area (Å²) in [7, 11) is 0. The molecule has 94 valence electrons. The summed E-state index contributed by atoms with van der Waals surface area (Å²) in [6.07, 6.45) is 1.01. The fraction of sp³-hybridized carbons (Fsp3) is 0.500. The van der Waals surface area contributed by atoms with Crippen molar-refractivity contribution in [2.24, 2.45) is 5.73 Å². The van der Waals surface area contributed by atoms with Gasteiger partial charge in [-0.2, -0.15) is 0 Å². The van der Waals surface area contributed by atoms with Crippen molar-refractivity contribution >= 4 is 5.97 Å². The van der Waals surface area contributed by atoms with E-state index in [2.05, 4.69) is 18.2 Å². The molecule has 1 aromatic rings. The predicted octanol–water partition coefficient (Wildman–Crippen LogP) is 2.65. The first kappa shape index (κ1) is 13.7. The third-order valence-electron chi connectivity index (χ3n) is 2.80. The van der Waals surface area contributed by atoms with Gasteiger partial charge in [0.15, 0.2) is 0 Å². The van der Waals surface area contributed by atoms with Gasteiger partial charge in [-0.1, -0.05) is 23.8 Å². The number of aryl methyl sites for hydroxylation is 2. The van der Waals surface area contributed by atoms with Gasteiger partial charge in [0.05, 0.1) is 6.61 Å². The molecular formula is C14H21NO2. The maximum absolute atomic E-state index is 11.3. The topological polar surface area (TPSA) is 52.3 Å². The van der Waals surface area contributed by atoms with Gasteiger partial charge >= 0.3 is 5.97 Å². The van der Waals surface area contributed by atoms with Crippen molar-refractivity contribution in [2.45, 2.75) is 39.7 Å². The quantitative estimate of drug-likeness (QED) is 0.798. The summed E-state index contributed by atoms with van der Waals surface area (Å²) in [4.78, 5) is 11.3. The van der Waals surface area contributed by atoms with Crippen LogP contribution in [0.25, 0.3) is 0 Å². The van der Waals surface area contributed by atoms with Gasteiger partial charge in [0.25, 0.3) is 0 Å². The Morgan fingerprint density at radius 3 is 2.76 bits per heavy atom. The van der Waals surface area contributed by atoms with E-state index in [-0.39, 0.29) is 12.0 Å². The maximum Gasteiger partial charge on any atom is 0.305 e. The lowest BCUT2D eigenvalue weighted by atomic mass is 9.96. The average molecular weight is 235 g/mol. The van der Waals surface area contributed by atoms with Gasteiger partial charge in [-0.25, -0.2) is 0 Å². The number of carbonyl (C=O) groups is 1. The zero-order valence-electron chi connectivity index (χ0n) is 10.8. The third-order valence-corrected chi connectivity index (χ3v) is 2.80. The Bertz CT molecular complexity index is 388. The molecule has 3 heteroatoms. The van der Waals surface area contributed by atoms with Crippen LogP contribution in [0.3, 0.4) is 0 Å². The summed E-state index contributed by atoms with van der Waals surface area (Å²) < 4.78 is 4.89. The molecule has 0 amide bonds. The van der Waals surface area contributed by atoms with E-state index in [0.717, 1.165) is 5.56 Å². The molecule has 1 unspecified atom stereocenters. The Balaban J connectivity index is 2.60. The highest BCUT2D eigenvalue weighted by Gasteiger charge is 2.11. The molecule has 3 nitrogen and oxygen atoms in total. The Hall–Kier alpha value is -1.35. The summed E-state index contributed by atoms with van der Waals surface area (Å²) in [5, 5.41) is 0. The van der Waals surface area contributed by atoms with Crippen molar-refractivity contribution in [1.29, 1.82) is 0 Å². The molecule has 0 saturated heterocycles. The monoisotopic (exact) mass is 235 g/mol. The van der Waals surface area contributed by atoms with Gasteiger partial charge < -0.3 is 10.5 Å². The molecule has 1 aromatic carbocycles. The third kappa shape index (κ3) is 4.19. The van der Waals surface area contributed by atoms with Crippen LogP contribution in [0.5, 0.6) is 0 Å². The molecule has 0 aliphatic rings. The summed E-state index contributed by atoms with van der Waals surface area (Å²) in [5.41, 5.74) is 9.59. The first-order valence-corrected chi connectivity index (χ1v) is 6.03. The van der Waals surface area contributed by atoms with Crippen LogP contribution in [0.2, 0.25) is 0 Å². The standard InChI is InChI=1S/C14H21NO2/c1-4-17-14(16)8-7-13(15)12-9-10(2)5-6-11(12)3/h5-6,9,13H,4,7-8,15H2,1-3H3. The number of carbonyl (C=O) groups excluding carboxylic acids is 1. The fourth-order valence-corrected chi connectivity index (χ4v) is 1.82. The summed E-state index contributed by atoms with van der Waals surface area (Å²) in [6, 6.07) is 6.12. The summed E-state index contributed by atoms with van der Waals surface area (Å²) in [6.45, 7) is 6.32. The molecule has 0 aliphatic heterocycles. The number of hydrogen-bond donors (Lipinski definition) is 1. The smallest absolute Gasteiger partial charge is 0.305 e. The number of hydrogen-bond acceptors (Lipinski definition) is 3. The molecule has 1 rings (SSSR count). The number of ether oxygens (including phenoxy) is 1. The van der Waals surface area contributed by atoms with E-state index in [1.807, 2.05) is 20.8 Å². The Morgan fingerprint density at radius 2 is 2.12 bits per heavy atom. The van der Waals surface area contributed by atoms with Gasteiger partial charge in [0.2, 0.25) is 0 Å². The van der Waals surface area contributed by atoms with E-state index in [0.29, 0.717) is 19.4 Å².